The van der Waals surface area contributed by atoms with Crippen molar-refractivity contribution in [3.8, 4) is 0 Å². The maximum absolute atomic E-state index is 12.4. The highest BCUT2D eigenvalue weighted by Gasteiger charge is 2.30. The lowest BCUT2D eigenvalue weighted by Gasteiger charge is -2.40. The average Bonchev–Trinajstić information content (AvgIpc) is 2.39. The fraction of sp³-hybridized carbons (Fsp3) is 0.923. The molecule has 0 aromatic rings. The first-order valence-electron chi connectivity index (χ1n) is 6.92. The molecular formula is C13H25N3O. The number of nitrogens with one attached hydrogen (secondary N) is 1. The van der Waals surface area contributed by atoms with E-state index in [0.717, 1.165) is 52.0 Å². The van der Waals surface area contributed by atoms with Gasteiger partial charge in [0.1, 0.15) is 0 Å². The van der Waals surface area contributed by atoms with Gasteiger partial charge in [-0.2, -0.15) is 0 Å². The Balaban J connectivity index is 1.90. The van der Waals surface area contributed by atoms with Crippen molar-refractivity contribution in [3.05, 3.63) is 0 Å². The molecule has 1 amide bonds. The molecule has 98 valence electrons. The van der Waals surface area contributed by atoms with Crippen LogP contribution in [-0.2, 0) is 4.79 Å². The Hall–Kier alpha value is -0.610. The highest BCUT2D eigenvalue weighted by atomic mass is 16.2. The third kappa shape index (κ3) is 2.99. The largest absolute Gasteiger partial charge is 0.340 e. The molecule has 2 heterocycles. The van der Waals surface area contributed by atoms with Gasteiger partial charge in [0.15, 0.2) is 0 Å². The molecule has 2 atom stereocenters. The maximum Gasteiger partial charge on any atom is 0.227 e. The lowest BCUT2D eigenvalue weighted by molar-refractivity contribution is -0.138. The molecule has 2 fully saturated rings. The first kappa shape index (κ1) is 12.8. The van der Waals surface area contributed by atoms with Crippen LogP contribution in [0.1, 0.15) is 26.2 Å². The second-order valence-electron chi connectivity index (χ2n) is 5.37. The predicted octanol–water partition coefficient (Wildman–Crippen LogP) is 0.539. The van der Waals surface area contributed by atoms with E-state index in [0.29, 0.717) is 11.9 Å². The number of amides is 1. The molecule has 0 radical (unpaired) electrons. The average molecular weight is 239 g/mol. The van der Waals surface area contributed by atoms with Gasteiger partial charge in [0.25, 0.3) is 0 Å². The molecule has 0 aromatic carbocycles. The van der Waals surface area contributed by atoms with E-state index < -0.39 is 0 Å². The van der Waals surface area contributed by atoms with E-state index in [1.807, 2.05) is 0 Å². The van der Waals surface area contributed by atoms with Gasteiger partial charge in [-0.1, -0.05) is 6.92 Å². The molecule has 4 nitrogen and oxygen atoms in total. The SMILES string of the molecule is CCC1CN(C(=O)C2CCCNC2)CCN1C. The van der Waals surface area contributed by atoms with E-state index in [1.54, 1.807) is 0 Å². The lowest BCUT2D eigenvalue weighted by Crippen LogP contribution is -2.55. The third-order valence-electron chi connectivity index (χ3n) is 4.21. The standard InChI is InChI=1S/C13H25N3O/c1-3-12-10-16(8-7-15(12)2)13(17)11-5-4-6-14-9-11/h11-12,14H,3-10H2,1-2H3. The molecule has 4 heteroatoms. The number of nitrogens with zero attached hydrogens (tertiary/aromatic N) is 2. The number of piperidine rings is 1. The summed E-state index contributed by atoms with van der Waals surface area (Å²) in [5, 5.41) is 3.33. The molecule has 17 heavy (non-hydrogen) atoms. The molecule has 2 aliphatic rings. The summed E-state index contributed by atoms with van der Waals surface area (Å²) >= 11 is 0. The molecule has 0 saturated carbocycles. The van der Waals surface area contributed by atoms with Crippen LogP contribution in [0.15, 0.2) is 0 Å². The molecule has 0 aliphatic carbocycles. The summed E-state index contributed by atoms with van der Waals surface area (Å²) in [5.41, 5.74) is 0. The van der Waals surface area contributed by atoms with Gasteiger partial charge in [0, 0.05) is 32.2 Å². The lowest BCUT2D eigenvalue weighted by atomic mass is 9.97. The highest BCUT2D eigenvalue weighted by Crippen LogP contribution is 2.17. The van der Waals surface area contributed by atoms with E-state index in [4.69, 9.17) is 0 Å². The molecule has 2 unspecified atom stereocenters. The van der Waals surface area contributed by atoms with Crippen molar-refractivity contribution in [2.45, 2.75) is 32.2 Å². The van der Waals surface area contributed by atoms with E-state index in [9.17, 15) is 4.79 Å². The first-order chi connectivity index (χ1) is 8.22. The Morgan fingerprint density at radius 1 is 1.41 bits per heavy atom. The minimum atomic E-state index is 0.227. The summed E-state index contributed by atoms with van der Waals surface area (Å²) in [7, 11) is 2.16. The topological polar surface area (TPSA) is 35.6 Å². The van der Waals surface area contributed by atoms with Crippen molar-refractivity contribution in [1.82, 2.24) is 15.1 Å². The Bertz CT molecular complexity index is 263. The molecule has 2 saturated heterocycles. The zero-order chi connectivity index (χ0) is 12.3. The molecule has 2 aliphatic heterocycles. The van der Waals surface area contributed by atoms with Gasteiger partial charge in [-0.05, 0) is 32.9 Å². The van der Waals surface area contributed by atoms with Crippen molar-refractivity contribution in [2.24, 2.45) is 5.92 Å². The van der Waals surface area contributed by atoms with Gasteiger partial charge in [-0.25, -0.2) is 0 Å². The van der Waals surface area contributed by atoms with E-state index in [2.05, 4.69) is 29.1 Å². The Morgan fingerprint density at radius 3 is 2.88 bits per heavy atom. The van der Waals surface area contributed by atoms with Gasteiger partial charge in [0.05, 0.1) is 5.92 Å². The molecule has 0 aromatic heterocycles. The summed E-state index contributed by atoms with van der Waals surface area (Å²) in [5.74, 6) is 0.605. The fourth-order valence-corrected chi connectivity index (χ4v) is 2.91. The number of rotatable bonds is 2. The summed E-state index contributed by atoms with van der Waals surface area (Å²) in [4.78, 5) is 16.9. The zero-order valence-electron chi connectivity index (χ0n) is 11.1. The second-order valence-corrected chi connectivity index (χ2v) is 5.37. The molecule has 2 rings (SSSR count). The Labute approximate surface area is 104 Å². The number of carbonyl (C=O) groups excluding carboxylic acids is 1. The van der Waals surface area contributed by atoms with Gasteiger partial charge < -0.3 is 10.2 Å². The van der Waals surface area contributed by atoms with E-state index >= 15 is 0 Å². The van der Waals surface area contributed by atoms with Gasteiger partial charge >= 0.3 is 0 Å². The van der Waals surface area contributed by atoms with Gasteiger partial charge in [-0.3, -0.25) is 9.69 Å². The Morgan fingerprint density at radius 2 is 2.24 bits per heavy atom. The Kier molecular flexibility index (Phi) is 4.40. The number of carbonyl (C=O) groups is 1. The minimum absolute atomic E-state index is 0.227. The summed E-state index contributed by atoms with van der Waals surface area (Å²) in [6.45, 7) is 7.00. The van der Waals surface area contributed by atoms with E-state index in [1.165, 1.54) is 0 Å². The van der Waals surface area contributed by atoms with Crippen molar-refractivity contribution < 1.29 is 4.79 Å². The van der Waals surface area contributed by atoms with Crippen LogP contribution < -0.4 is 5.32 Å². The number of piperazine rings is 1. The van der Waals surface area contributed by atoms with Crippen molar-refractivity contribution in [3.63, 3.8) is 0 Å². The van der Waals surface area contributed by atoms with Crippen LogP contribution in [0.5, 0.6) is 0 Å². The van der Waals surface area contributed by atoms with Crippen LogP contribution in [0.2, 0.25) is 0 Å². The monoisotopic (exact) mass is 239 g/mol. The quantitative estimate of drug-likeness (QED) is 0.764. The van der Waals surface area contributed by atoms with Crippen molar-refractivity contribution in [1.29, 1.82) is 0 Å². The normalized spacial score (nSPS) is 31.5. The highest BCUT2D eigenvalue weighted by molar-refractivity contribution is 5.79. The number of hydrogen-bond donors (Lipinski definition) is 1. The van der Waals surface area contributed by atoms with Crippen LogP contribution >= 0.6 is 0 Å². The summed E-state index contributed by atoms with van der Waals surface area (Å²) < 4.78 is 0. The van der Waals surface area contributed by atoms with Crippen molar-refractivity contribution in [2.75, 3.05) is 39.8 Å². The number of hydrogen-bond acceptors (Lipinski definition) is 3. The third-order valence-corrected chi connectivity index (χ3v) is 4.21. The molecule has 0 bridgehead atoms. The van der Waals surface area contributed by atoms with Gasteiger partial charge in [-0.15, -0.1) is 0 Å². The maximum atomic E-state index is 12.4. The van der Waals surface area contributed by atoms with Crippen LogP contribution in [0.25, 0.3) is 0 Å². The van der Waals surface area contributed by atoms with Gasteiger partial charge in [0.2, 0.25) is 5.91 Å². The summed E-state index contributed by atoms with van der Waals surface area (Å²) in [6, 6.07) is 0.546. The zero-order valence-corrected chi connectivity index (χ0v) is 11.1. The minimum Gasteiger partial charge on any atom is -0.340 e. The van der Waals surface area contributed by atoms with Crippen LogP contribution in [0.4, 0.5) is 0 Å². The van der Waals surface area contributed by atoms with Crippen LogP contribution in [0, 0.1) is 5.92 Å². The van der Waals surface area contributed by atoms with Crippen molar-refractivity contribution >= 4 is 5.91 Å². The van der Waals surface area contributed by atoms with E-state index in [-0.39, 0.29) is 5.92 Å². The van der Waals surface area contributed by atoms with Crippen LogP contribution in [0.3, 0.4) is 0 Å². The predicted molar refractivity (Wildman–Crippen MR) is 68.9 cm³/mol. The first-order valence-corrected chi connectivity index (χ1v) is 6.92. The van der Waals surface area contributed by atoms with Crippen LogP contribution in [-0.4, -0.2) is 61.5 Å². The molecule has 1 N–H and O–H groups in total. The molecular weight excluding hydrogens is 214 g/mol. The summed E-state index contributed by atoms with van der Waals surface area (Å²) in [6.07, 6.45) is 3.33. The molecule has 0 spiro atoms. The fourth-order valence-electron chi connectivity index (χ4n) is 2.91. The second kappa shape index (κ2) is 5.83. The number of likely N-dealkylation sites (N-methyl/N-ethyl adjacent to an activating group) is 1. The smallest absolute Gasteiger partial charge is 0.227 e.